The molecule has 6 nitrogen and oxygen atoms in total. The van der Waals surface area contributed by atoms with Crippen LogP contribution in [0.15, 0.2) is 60.9 Å². The third-order valence-corrected chi connectivity index (χ3v) is 4.76. The minimum atomic E-state index is -2.89. The number of morpholine rings is 1. The van der Waals surface area contributed by atoms with Crippen molar-refractivity contribution in [2.75, 3.05) is 19.7 Å². The van der Waals surface area contributed by atoms with Gasteiger partial charge >= 0.3 is 6.61 Å². The second kappa shape index (κ2) is 8.58. The van der Waals surface area contributed by atoms with Gasteiger partial charge in [-0.1, -0.05) is 24.3 Å². The number of carbonyl (C=O) groups is 1. The molecule has 1 aliphatic heterocycles. The van der Waals surface area contributed by atoms with E-state index in [1.807, 2.05) is 0 Å². The number of para-hydroxylation sites is 1. The molecule has 30 heavy (non-hydrogen) atoms. The van der Waals surface area contributed by atoms with E-state index in [2.05, 4.69) is 9.84 Å². The first-order valence-electron chi connectivity index (χ1n) is 9.26. The first-order chi connectivity index (χ1) is 14.5. The summed E-state index contributed by atoms with van der Waals surface area (Å²) in [5, 5.41) is 4.10. The molecule has 0 radical (unpaired) electrons. The van der Waals surface area contributed by atoms with Crippen molar-refractivity contribution in [1.29, 1.82) is 0 Å². The van der Waals surface area contributed by atoms with Gasteiger partial charge in [0, 0.05) is 12.7 Å². The molecule has 0 N–H and O–H groups in total. The zero-order chi connectivity index (χ0) is 21.1. The summed E-state index contributed by atoms with van der Waals surface area (Å²) in [5.41, 5.74) is 1.33. The molecule has 2 aromatic carbocycles. The van der Waals surface area contributed by atoms with Crippen LogP contribution in [0.3, 0.4) is 0 Å². The Morgan fingerprint density at radius 2 is 1.93 bits per heavy atom. The molecule has 1 saturated heterocycles. The highest BCUT2D eigenvalue weighted by atomic mass is 19.3. The molecule has 1 fully saturated rings. The number of hydrogen-bond donors (Lipinski definition) is 0. The Morgan fingerprint density at radius 3 is 2.67 bits per heavy atom. The molecule has 2 heterocycles. The Hall–Kier alpha value is -3.33. The fraction of sp³-hybridized carbons (Fsp3) is 0.238. The number of rotatable bonds is 5. The van der Waals surface area contributed by atoms with E-state index in [0.29, 0.717) is 25.3 Å². The lowest BCUT2D eigenvalue weighted by Crippen LogP contribution is -2.42. The molecule has 156 valence electrons. The monoisotopic (exact) mass is 417 g/mol. The zero-order valence-corrected chi connectivity index (χ0v) is 15.7. The van der Waals surface area contributed by atoms with Crippen LogP contribution in [0, 0.1) is 5.82 Å². The summed E-state index contributed by atoms with van der Waals surface area (Å²) in [7, 11) is 0. The molecule has 4 rings (SSSR count). The number of amides is 1. The Bertz CT molecular complexity index is 1020. The Balaban J connectivity index is 1.46. The van der Waals surface area contributed by atoms with Crippen molar-refractivity contribution in [2.45, 2.75) is 12.7 Å². The van der Waals surface area contributed by atoms with Crippen LogP contribution in [0.5, 0.6) is 5.75 Å². The molecule has 1 aromatic heterocycles. The van der Waals surface area contributed by atoms with E-state index in [-0.39, 0.29) is 17.3 Å². The van der Waals surface area contributed by atoms with E-state index in [4.69, 9.17) is 4.74 Å². The van der Waals surface area contributed by atoms with Crippen molar-refractivity contribution in [2.24, 2.45) is 0 Å². The number of aromatic nitrogens is 2. The summed E-state index contributed by atoms with van der Waals surface area (Å²) < 4.78 is 49.9. The summed E-state index contributed by atoms with van der Waals surface area (Å²) in [5.74, 6) is -0.633. The fourth-order valence-corrected chi connectivity index (χ4v) is 3.28. The molecule has 1 amide bonds. The lowest BCUT2D eigenvalue weighted by atomic mass is 10.1. The molecule has 3 aromatic rings. The maximum absolute atomic E-state index is 14.0. The number of hydrogen-bond acceptors (Lipinski definition) is 4. The molecule has 0 aliphatic carbocycles. The van der Waals surface area contributed by atoms with Gasteiger partial charge in [0.15, 0.2) is 0 Å². The lowest BCUT2D eigenvalue weighted by molar-refractivity contribution is -0.0499. The number of ether oxygens (including phenoxy) is 2. The van der Waals surface area contributed by atoms with Crippen LogP contribution in [-0.4, -0.2) is 46.9 Å². The van der Waals surface area contributed by atoms with Crippen molar-refractivity contribution in [1.82, 2.24) is 14.7 Å². The molecule has 1 unspecified atom stereocenters. The van der Waals surface area contributed by atoms with Crippen molar-refractivity contribution < 1.29 is 27.4 Å². The van der Waals surface area contributed by atoms with E-state index in [1.165, 1.54) is 35.3 Å². The van der Waals surface area contributed by atoms with Crippen LogP contribution in [0.25, 0.3) is 5.69 Å². The molecular formula is C21H18F3N3O3. The summed E-state index contributed by atoms with van der Waals surface area (Å²) >= 11 is 0. The average molecular weight is 417 g/mol. The quantitative estimate of drug-likeness (QED) is 0.633. The number of halogens is 3. The second-order valence-electron chi connectivity index (χ2n) is 6.68. The van der Waals surface area contributed by atoms with E-state index < -0.39 is 18.5 Å². The van der Waals surface area contributed by atoms with Crippen molar-refractivity contribution in [3.63, 3.8) is 0 Å². The van der Waals surface area contributed by atoms with Gasteiger partial charge in [0.05, 0.1) is 24.9 Å². The van der Waals surface area contributed by atoms with Gasteiger partial charge in [-0.3, -0.25) is 4.79 Å². The summed E-state index contributed by atoms with van der Waals surface area (Å²) in [6.45, 7) is -1.88. The third-order valence-electron chi connectivity index (χ3n) is 4.76. The van der Waals surface area contributed by atoms with Crippen LogP contribution in [0.1, 0.15) is 22.0 Å². The Labute approximate surface area is 170 Å². The van der Waals surface area contributed by atoms with Crippen LogP contribution >= 0.6 is 0 Å². The molecule has 1 atom stereocenters. The second-order valence-corrected chi connectivity index (χ2v) is 6.68. The number of carbonyl (C=O) groups excluding carboxylic acids is 1. The van der Waals surface area contributed by atoms with Gasteiger partial charge < -0.3 is 14.4 Å². The normalized spacial score (nSPS) is 16.7. The smallest absolute Gasteiger partial charge is 0.387 e. The summed E-state index contributed by atoms with van der Waals surface area (Å²) in [6.07, 6.45) is 2.49. The van der Waals surface area contributed by atoms with Gasteiger partial charge in [-0.2, -0.15) is 13.9 Å². The summed E-state index contributed by atoms with van der Waals surface area (Å²) in [4.78, 5) is 14.5. The van der Waals surface area contributed by atoms with Crippen molar-refractivity contribution >= 4 is 5.91 Å². The third kappa shape index (κ3) is 4.30. The van der Waals surface area contributed by atoms with Gasteiger partial charge in [-0.15, -0.1) is 0 Å². The molecule has 0 bridgehead atoms. The molecule has 1 aliphatic rings. The van der Waals surface area contributed by atoms with Gasteiger partial charge in [0.1, 0.15) is 23.4 Å². The van der Waals surface area contributed by atoms with Crippen molar-refractivity contribution in [3.05, 3.63) is 77.9 Å². The topological polar surface area (TPSA) is 56.6 Å². The van der Waals surface area contributed by atoms with Gasteiger partial charge in [0.25, 0.3) is 5.91 Å². The largest absolute Gasteiger partial charge is 0.435 e. The fourth-order valence-electron chi connectivity index (χ4n) is 3.28. The molecule has 0 spiro atoms. The highest BCUT2D eigenvalue weighted by molar-refractivity contribution is 5.94. The van der Waals surface area contributed by atoms with Gasteiger partial charge in [-0.05, 0) is 29.8 Å². The first-order valence-corrected chi connectivity index (χ1v) is 9.26. The van der Waals surface area contributed by atoms with Crippen LogP contribution in [-0.2, 0) is 4.74 Å². The standard InChI is InChI=1S/C21H18F3N3O3/c22-17-3-1-2-4-18(17)27-12-15(11-25-27)20(28)26-9-10-29-19(13-26)14-5-7-16(8-6-14)30-21(23)24/h1-8,11-12,19,21H,9-10,13H2. The van der Waals surface area contributed by atoms with Crippen LogP contribution < -0.4 is 4.74 Å². The number of alkyl halides is 2. The minimum Gasteiger partial charge on any atom is -0.435 e. The predicted molar refractivity (Wildman–Crippen MR) is 101 cm³/mol. The minimum absolute atomic E-state index is 0.0538. The van der Waals surface area contributed by atoms with E-state index in [9.17, 15) is 18.0 Å². The maximum atomic E-state index is 14.0. The average Bonchev–Trinajstić information content (AvgIpc) is 3.24. The first kappa shape index (κ1) is 20.0. The number of nitrogens with zero attached hydrogens (tertiary/aromatic N) is 3. The maximum Gasteiger partial charge on any atom is 0.387 e. The Morgan fingerprint density at radius 1 is 1.17 bits per heavy atom. The number of benzene rings is 2. The molecule has 0 saturated carbocycles. The zero-order valence-electron chi connectivity index (χ0n) is 15.7. The van der Waals surface area contributed by atoms with Gasteiger partial charge in [0.2, 0.25) is 0 Å². The van der Waals surface area contributed by atoms with Crippen molar-refractivity contribution in [3.8, 4) is 11.4 Å². The lowest BCUT2D eigenvalue weighted by Gasteiger charge is -2.33. The molecular weight excluding hydrogens is 399 g/mol. The highest BCUT2D eigenvalue weighted by Crippen LogP contribution is 2.26. The van der Waals surface area contributed by atoms with E-state index in [0.717, 1.165) is 5.56 Å². The summed E-state index contributed by atoms with van der Waals surface area (Å²) in [6, 6.07) is 12.3. The van der Waals surface area contributed by atoms with E-state index in [1.54, 1.807) is 35.2 Å². The SMILES string of the molecule is O=C(c1cnn(-c2ccccc2F)c1)N1CCOC(c2ccc(OC(F)F)cc2)C1. The highest BCUT2D eigenvalue weighted by Gasteiger charge is 2.27. The van der Waals surface area contributed by atoms with E-state index >= 15 is 0 Å². The van der Waals surface area contributed by atoms with Crippen LogP contribution in [0.4, 0.5) is 13.2 Å². The van der Waals surface area contributed by atoms with Gasteiger partial charge in [-0.25, -0.2) is 9.07 Å². The Kier molecular flexibility index (Phi) is 5.71. The predicted octanol–water partition coefficient (Wildman–Crippen LogP) is 3.83. The van der Waals surface area contributed by atoms with Crippen LogP contribution in [0.2, 0.25) is 0 Å². The molecule has 9 heteroatoms.